The molecule has 3 aromatic rings. The molecular weight excluding hydrogens is 1480 g/mol. The van der Waals surface area contributed by atoms with E-state index in [2.05, 4.69) is 58.5 Å². The maximum absolute atomic E-state index is 15.1. The van der Waals surface area contributed by atoms with Crippen molar-refractivity contribution in [3.05, 3.63) is 108 Å². The fourth-order valence-electron chi connectivity index (χ4n) is 13.9. The molecule has 1 fully saturated rings. The number of amides is 12. The Morgan fingerprint density at radius 1 is 0.353 bits per heavy atom. The van der Waals surface area contributed by atoms with Gasteiger partial charge in [-0.1, -0.05) is 167 Å². The van der Waals surface area contributed by atoms with E-state index < -0.39 is 161 Å². The Morgan fingerprint density at radius 3 is 1.02 bits per heavy atom. The minimum Gasteiger partial charge on any atom is -0.480 e. The molecule has 31 nitrogen and oxygen atoms in total. The predicted molar refractivity (Wildman–Crippen MR) is 446 cm³/mol. The maximum Gasteiger partial charge on any atom is 0.326 e. The Hall–Kier alpha value is -9.43. The van der Waals surface area contributed by atoms with Gasteiger partial charge in [0.15, 0.2) is 0 Å². The third kappa shape index (κ3) is 36.0. The Labute approximate surface area is 685 Å². The van der Waals surface area contributed by atoms with Crippen molar-refractivity contribution in [2.75, 3.05) is 32.7 Å². The van der Waals surface area contributed by atoms with E-state index >= 15 is 4.79 Å². The second kappa shape index (κ2) is 53.0. The molecule has 0 radical (unpaired) electrons. The first-order valence-corrected chi connectivity index (χ1v) is 41.8. The fourth-order valence-corrected chi connectivity index (χ4v) is 13.9. The van der Waals surface area contributed by atoms with Crippen molar-refractivity contribution in [1.29, 1.82) is 0 Å². The lowest BCUT2D eigenvalue weighted by molar-refractivity contribution is -0.143. The molecule has 13 atom stereocenters. The Balaban J connectivity index is 1.58. The summed E-state index contributed by atoms with van der Waals surface area (Å²) < 4.78 is 0. The number of benzene rings is 3. The number of carboxylic acids is 1. The van der Waals surface area contributed by atoms with Crippen molar-refractivity contribution in [2.24, 2.45) is 58.3 Å². The van der Waals surface area contributed by atoms with Gasteiger partial charge in [-0.15, -0.1) is 0 Å². The van der Waals surface area contributed by atoms with E-state index in [1.165, 1.54) is 4.90 Å². The lowest BCUT2D eigenvalue weighted by Crippen LogP contribution is -2.61. The summed E-state index contributed by atoms with van der Waals surface area (Å²) in [6, 6.07) is 10.7. The number of carbonyl (C=O) groups excluding carboxylic acids is 12. The van der Waals surface area contributed by atoms with Crippen LogP contribution in [0.4, 0.5) is 0 Å². The standard InChI is InChI=1S/C85H137N17O14/c1-52(2)45-64(77(107)94-65(46-53(3)4)78(108)96-67(49-57-29-14-11-15-30-57)81(111)100-70(85(115)116)51-59-33-18-13-19-34-59)95-80(110)68(50-58-31-16-12-17-32-58)97-82(112)71-39-28-44-102(71)84(114)69(48-55(7)8)99-79(109)66(47-54(5)6)98-83(113)72(56(9)10)101-76(106)63(38-23-27-43-89)93-75(105)62(37-22-26-42-88)92-74(104)61(36-21-25-41-87)91-73(103)60(90)35-20-24-40-86/h11-19,29-34,52-56,60-72H,20-28,35-51,86-90H2,1-10H3,(H,91,103)(H,92,104)(H,93,105)(H,94,107)(H,95,110)(H,96,108)(H,97,112)(H,98,113)(H,99,109)(H,100,111)(H,101,106)(H,115,116)/t60-,61-,62-,63-,64-,65-,66-,67-,68-,69-,70-,71-,72-/m0/s1. The lowest BCUT2D eigenvalue weighted by Gasteiger charge is -2.32. The first-order chi connectivity index (χ1) is 55.2. The molecule has 0 saturated carbocycles. The van der Waals surface area contributed by atoms with Crippen molar-refractivity contribution in [1.82, 2.24) is 63.4 Å². The lowest BCUT2D eigenvalue weighted by atomic mass is 9.97. The van der Waals surface area contributed by atoms with Gasteiger partial charge in [0, 0.05) is 25.8 Å². The van der Waals surface area contributed by atoms with Gasteiger partial charge in [0.1, 0.15) is 72.5 Å². The van der Waals surface area contributed by atoms with E-state index in [1.54, 1.807) is 105 Å². The highest BCUT2D eigenvalue weighted by Gasteiger charge is 2.42. The summed E-state index contributed by atoms with van der Waals surface area (Å²) in [4.78, 5) is 189. The number of rotatable bonds is 55. The van der Waals surface area contributed by atoms with Gasteiger partial charge in [-0.3, -0.25) is 57.5 Å². The van der Waals surface area contributed by atoms with Gasteiger partial charge in [-0.2, -0.15) is 0 Å². The molecule has 1 saturated heterocycles. The van der Waals surface area contributed by atoms with E-state index in [0.717, 1.165) is 0 Å². The largest absolute Gasteiger partial charge is 0.480 e. The number of hydrogen-bond acceptors (Lipinski definition) is 18. The molecule has 4 rings (SSSR count). The van der Waals surface area contributed by atoms with Crippen LogP contribution in [0.2, 0.25) is 0 Å². The van der Waals surface area contributed by atoms with Crippen LogP contribution >= 0.6 is 0 Å². The highest BCUT2D eigenvalue weighted by atomic mass is 16.4. The van der Waals surface area contributed by atoms with Gasteiger partial charge in [0.2, 0.25) is 70.9 Å². The van der Waals surface area contributed by atoms with Crippen molar-refractivity contribution < 1.29 is 67.4 Å². The number of likely N-dealkylation sites (tertiary alicyclic amines) is 1. The molecule has 1 heterocycles. The molecule has 116 heavy (non-hydrogen) atoms. The number of unbranched alkanes of at least 4 members (excludes halogenated alkanes) is 4. The third-order valence-corrected chi connectivity index (χ3v) is 20.2. The molecule has 0 spiro atoms. The van der Waals surface area contributed by atoms with E-state index in [1.807, 2.05) is 55.4 Å². The number of hydrogen-bond donors (Lipinski definition) is 17. The molecule has 12 amide bonds. The van der Waals surface area contributed by atoms with Crippen molar-refractivity contribution in [3.63, 3.8) is 0 Å². The topological polar surface area (TPSA) is 508 Å². The average Bonchev–Trinajstić information content (AvgIpc) is 1.62. The molecular formula is C85H137N17O14. The van der Waals surface area contributed by atoms with Gasteiger partial charge >= 0.3 is 5.97 Å². The van der Waals surface area contributed by atoms with Crippen molar-refractivity contribution >= 4 is 76.9 Å². The van der Waals surface area contributed by atoms with Crippen LogP contribution in [0.3, 0.4) is 0 Å². The molecule has 3 aromatic carbocycles. The van der Waals surface area contributed by atoms with Crippen LogP contribution in [0.15, 0.2) is 91.0 Å². The summed E-state index contributed by atoms with van der Waals surface area (Å²) in [6.45, 7) is 19.6. The summed E-state index contributed by atoms with van der Waals surface area (Å²) in [7, 11) is 0. The summed E-state index contributed by atoms with van der Waals surface area (Å²) in [5.41, 5.74) is 31.3. The highest BCUT2D eigenvalue weighted by Crippen LogP contribution is 2.23. The molecule has 31 heteroatoms. The van der Waals surface area contributed by atoms with Crippen LogP contribution in [-0.2, 0) is 81.6 Å². The maximum atomic E-state index is 15.1. The number of nitrogens with two attached hydrogens (primary N) is 5. The van der Waals surface area contributed by atoms with Crippen LogP contribution in [0, 0.1) is 29.6 Å². The molecule has 1 aliphatic heterocycles. The summed E-state index contributed by atoms with van der Waals surface area (Å²) in [6.07, 6.45) is 5.66. The molecule has 1 aliphatic rings. The SMILES string of the molecule is CC(C)C[C@H](NC(=O)[C@H](CC(C)C)NC(=O)[C@H](Cc1ccccc1)NC(=O)[C@@H]1CCCN1C(=O)[C@H](CC(C)C)NC(=O)[C@H](CC(C)C)NC(=O)[C@@H](NC(=O)[C@H](CCCCN)NC(=O)[C@H](CCCCN)NC(=O)[C@H](CCCCN)NC(=O)[C@@H](N)CCCCN)C(C)C)C(=O)N[C@@H](Cc1ccccc1)C(=O)N[C@@H](Cc1ccccc1)C(=O)O. The number of carboxylic acid groups (broad SMARTS) is 1. The van der Waals surface area contributed by atoms with E-state index in [0.29, 0.717) is 101 Å². The monoisotopic (exact) mass is 1620 g/mol. The van der Waals surface area contributed by atoms with Gasteiger partial charge in [-0.05, 0) is 182 Å². The molecule has 0 unspecified atom stereocenters. The molecule has 22 N–H and O–H groups in total. The predicted octanol–water partition coefficient (Wildman–Crippen LogP) is 2.81. The Kier molecular flexibility index (Phi) is 45.2. The third-order valence-electron chi connectivity index (χ3n) is 20.2. The van der Waals surface area contributed by atoms with Crippen LogP contribution in [0.25, 0.3) is 0 Å². The van der Waals surface area contributed by atoms with Gasteiger partial charge < -0.3 is 97.2 Å². The van der Waals surface area contributed by atoms with Crippen LogP contribution in [0.5, 0.6) is 0 Å². The zero-order valence-corrected chi connectivity index (χ0v) is 70.0. The zero-order valence-electron chi connectivity index (χ0n) is 70.0. The minimum atomic E-state index is -1.35. The quantitative estimate of drug-likeness (QED) is 0.0361. The minimum absolute atomic E-state index is 0.0263. The second-order valence-electron chi connectivity index (χ2n) is 32.7. The summed E-state index contributed by atoms with van der Waals surface area (Å²) in [5.74, 6) is -10.9. The summed E-state index contributed by atoms with van der Waals surface area (Å²) in [5, 5.41) is 41.2. The fraction of sp³-hybridized carbons (Fsp3) is 0.635. The van der Waals surface area contributed by atoms with Crippen LogP contribution in [-0.4, -0.2) is 198 Å². The van der Waals surface area contributed by atoms with E-state index in [4.69, 9.17) is 28.7 Å². The van der Waals surface area contributed by atoms with Crippen molar-refractivity contribution in [2.45, 2.75) is 283 Å². The highest BCUT2D eigenvalue weighted by molar-refractivity contribution is 6.00. The molecule has 646 valence electrons. The second-order valence-corrected chi connectivity index (χ2v) is 32.7. The van der Waals surface area contributed by atoms with Gasteiger partial charge in [0.25, 0.3) is 0 Å². The van der Waals surface area contributed by atoms with Gasteiger partial charge in [-0.25, -0.2) is 4.79 Å². The Bertz CT molecular complexity index is 3560. The molecule has 0 aromatic heterocycles. The van der Waals surface area contributed by atoms with Crippen LogP contribution in [0.1, 0.15) is 202 Å². The number of carbonyl (C=O) groups is 13. The van der Waals surface area contributed by atoms with E-state index in [9.17, 15) is 62.6 Å². The molecule has 0 bridgehead atoms. The number of nitrogens with one attached hydrogen (secondary N) is 11. The van der Waals surface area contributed by atoms with Crippen molar-refractivity contribution in [3.8, 4) is 0 Å². The summed E-state index contributed by atoms with van der Waals surface area (Å²) >= 11 is 0. The first-order valence-electron chi connectivity index (χ1n) is 41.8. The van der Waals surface area contributed by atoms with Crippen LogP contribution < -0.4 is 87.2 Å². The first kappa shape index (κ1) is 98.9. The normalized spacial score (nSPS) is 15.9. The number of nitrogens with zero attached hydrogens (tertiary/aromatic N) is 1. The molecule has 0 aliphatic carbocycles. The Morgan fingerprint density at radius 2 is 0.647 bits per heavy atom. The zero-order chi connectivity index (χ0) is 86.0. The smallest absolute Gasteiger partial charge is 0.326 e. The average molecular weight is 1620 g/mol. The van der Waals surface area contributed by atoms with Gasteiger partial charge in [0.05, 0.1) is 6.04 Å². The van der Waals surface area contributed by atoms with E-state index in [-0.39, 0.29) is 107 Å². The number of aliphatic carboxylic acids is 1.